The first-order valence-electron chi connectivity index (χ1n) is 8.42. The zero-order valence-electron chi connectivity index (χ0n) is 14.4. The van der Waals surface area contributed by atoms with Gasteiger partial charge in [-0.2, -0.15) is 0 Å². The summed E-state index contributed by atoms with van der Waals surface area (Å²) in [5, 5.41) is 0. The number of Topliss-reactive ketones (excluding diaryl/α,β-unsaturated/α-hetero) is 1. The van der Waals surface area contributed by atoms with Crippen LogP contribution in [0.25, 0.3) is 0 Å². The van der Waals surface area contributed by atoms with Crippen LogP contribution in [0.5, 0.6) is 5.75 Å². The highest BCUT2D eigenvalue weighted by molar-refractivity contribution is 5.98. The minimum absolute atomic E-state index is 0.0218. The SMILES string of the molecule is COc1ccccc1C(=O)N1CCN(CC(=O)c2ccccc2)CC1. The van der Waals surface area contributed by atoms with E-state index in [0.29, 0.717) is 44.0 Å². The summed E-state index contributed by atoms with van der Waals surface area (Å²) < 4.78 is 5.28. The predicted molar refractivity (Wildman–Crippen MR) is 96.1 cm³/mol. The Morgan fingerprint density at radius 2 is 1.56 bits per heavy atom. The van der Waals surface area contributed by atoms with Crippen molar-refractivity contribution in [2.75, 3.05) is 39.8 Å². The van der Waals surface area contributed by atoms with E-state index < -0.39 is 0 Å². The number of carbonyl (C=O) groups excluding carboxylic acids is 2. The lowest BCUT2D eigenvalue weighted by Crippen LogP contribution is -2.49. The lowest BCUT2D eigenvalue weighted by molar-refractivity contribution is 0.0621. The number of ether oxygens (including phenoxy) is 1. The van der Waals surface area contributed by atoms with Crippen molar-refractivity contribution >= 4 is 11.7 Å². The molecule has 0 radical (unpaired) electrons. The van der Waals surface area contributed by atoms with Crippen LogP contribution in [0.15, 0.2) is 54.6 Å². The monoisotopic (exact) mass is 338 g/mol. The molecule has 0 atom stereocenters. The smallest absolute Gasteiger partial charge is 0.257 e. The van der Waals surface area contributed by atoms with Crippen LogP contribution in [0.1, 0.15) is 20.7 Å². The van der Waals surface area contributed by atoms with Gasteiger partial charge >= 0.3 is 0 Å². The molecule has 0 bridgehead atoms. The number of hydrogen-bond acceptors (Lipinski definition) is 4. The number of hydrogen-bond donors (Lipinski definition) is 0. The topological polar surface area (TPSA) is 49.9 Å². The number of methoxy groups -OCH3 is 1. The van der Waals surface area contributed by atoms with E-state index in [-0.39, 0.29) is 11.7 Å². The molecule has 5 heteroatoms. The van der Waals surface area contributed by atoms with Gasteiger partial charge < -0.3 is 9.64 Å². The van der Waals surface area contributed by atoms with Gasteiger partial charge in [0.25, 0.3) is 5.91 Å². The third-order valence-electron chi connectivity index (χ3n) is 4.46. The van der Waals surface area contributed by atoms with Gasteiger partial charge in [0, 0.05) is 31.7 Å². The highest BCUT2D eigenvalue weighted by Crippen LogP contribution is 2.20. The summed E-state index contributed by atoms with van der Waals surface area (Å²) in [6, 6.07) is 16.6. The van der Waals surface area contributed by atoms with E-state index in [2.05, 4.69) is 4.90 Å². The maximum absolute atomic E-state index is 12.7. The molecule has 25 heavy (non-hydrogen) atoms. The average molecular weight is 338 g/mol. The minimum atomic E-state index is -0.0218. The summed E-state index contributed by atoms with van der Waals surface area (Å²) in [7, 11) is 1.57. The summed E-state index contributed by atoms with van der Waals surface area (Å²) in [6.45, 7) is 3.00. The Kier molecular flexibility index (Phi) is 5.46. The van der Waals surface area contributed by atoms with E-state index in [0.717, 1.165) is 5.56 Å². The molecule has 1 amide bonds. The number of carbonyl (C=O) groups is 2. The van der Waals surface area contributed by atoms with Gasteiger partial charge in [0.05, 0.1) is 19.2 Å². The molecule has 2 aromatic rings. The molecule has 0 aromatic heterocycles. The maximum atomic E-state index is 12.7. The number of ketones is 1. The molecular weight excluding hydrogens is 316 g/mol. The molecule has 0 N–H and O–H groups in total. The summed E-state index contributed by atoms with van der Waals surface area (Å²) in [5.74, 6) is 0.686. The van der Waals surface area contributed by atoms with Crippen molar-refractivity contribution in [3.8, 4) is 5.75 Å². The van der Waals surface area contributed by atoms with E-state index in [1.54, 1.807) is 19.2 Å². The predicted octanol–water partition coefficient (Wildman–Crippen LogP) is 2.34. The number of rotatable bonds is 5. The van der Waals surface area contributed by atoms with Gasteiger partial charge in [-0.1, -0.05) is 42.5 Å². The van der Waals surface area contributed by atoms with Crippen LogP contribution in [0.4, 0.5) is 0 Å². The van der Waals surface area contributed by atoms with Gasteiger partial charge in [0.2, 0.25) is 0 Å². The summed E-state index contributed by atoms with van der Waals surface area (Å²) in [5.41, 5.74) is 1.31. The van der Waals surface area contributed by atoms with Crippen molar-refractivity contribution in [3.63, 3.8) is 0 Å². The van der Waals surface area contributed by atoms with Crippen LogP contribution in [0.2, 0.25) is 0 Å². The molecule has 0 aliphatic carbocycles. The fourth-order valence-electron chi connectivity index (χ4n) is 3.02. The largest absolute Gasteiger partial charge is 0.496 e. The van der Waals surface area contributed by atoms with E-state index in [9.17, 15) is 9.59 Å². The van der Waals surface area contributed by atoms with Crippen LogP contribution < -0.4 is 4.74 Å². The Bertz CT molecular complexity index is 738. The Morgan fingerprint density at radius 3 is 2.24 bits per heavy atom. The van der Waals surface area contributed by atoms with Crippen molar-refractivity contribution in [1.29, 1.82) is 0 Å². The normalized spacial score (nSPS) is 15.0. The van der Waals surface area contributed by atoms with Crippen molar-refractivity contribution in [1.82, 2.24) is 9.80 Å². The second kappa shape index (κ2) is 7.94. The van der Waals surface area contributed by atoms with E-state index in [1.807, 2.05) is 47.4 Å². The van der Waals surface area contributed by atoms with Crippen LogP contribution in [0, 0.1) is 0 Å². The van der Waals surface area contributed by atoms with Crippen LogP contribution in [0.3, 0.4) is 0 Å². The fourth-order valence-corrected chi connectivity index (χ4v) is 3.02. The first kappa shape index (κ1) is 17.2. The second-order valence-electron chi connectivity index (χ2n) is 6.06. The number of amides is 1. The van der Waals surface area contributed by atoms with Crippen molar-refractivity contribution in [2.45, 2.75) is 0 Å². The molecule has 1 saturated heterocycles. The standard InChI is InChI=1S/C20H22N2O3/c1-25-19-10-6-5-9-17(19)20(24)22-13-11-21(12-14-22)15-18(23)16-7-3-2-4-8-16/h2-10H,11-15H2,1H3. The highest BCUT2D eigenvalue weighted by Gasteiger charge is 2.25. The Hall–Kier alpha value is -2.66. The molecule has 2 aromatic carbocycles. The average Bonchev–Trinajstić information content (AvgIpc) is 2.68. The Labute approximate surface area is 147 Å². The molecule has 1 heterocycles. The van der Waals surface area contributed by atoms with Gasteiger partial charge in [0.1, 0.15) is 5.75 Å². The van der Waals surface area contributed by atoms with Gasteiger partial charge in [-0.3, -0.25) is 14.5 Å². The molecule has 1 aliphatic heterocycles. The molecule has 0 unspecified atom stereocenters. The fraction of sp³-hybridized carbons (Fsp3) is 0.300. The van der Waals surface area contributed by atoms with Gasteiger partial charge in [-0.25, -0.2) is 0 Å². The Balaban J connectivity index is 1.57. The zero-order chi connectivity index (χ0) is 17.6. The van der Waals surface area contributed by atoms with Gasteiger partial charge in [-0.15, -0.1) is 0 Å². The van der Waals surface area contributed by atoms with Crippen LogP contribution >= 0.6 is 0 Å². The Morgan fingerprint density at radius 1 is 0.920 bits per heavy atom. The molecule has 0 spiro atoms. The van der Waals surface area contributed by atoms with E-state index in [4.69, 9.17) is 4.74 Å². The van der Waals surface area contributed by atoms with Crippen molar-refractivity contribution in [3.05, 3.63) is 65.7 Å². The van der Waals surface area contributed by atoms with E-state index in [1.165, 1.54) is 0 Å². The lowest BCUT2D eigenvalue weighted by atomic mass is 10.1. The quantitative estimate of drug-likeness (QED) is 0.785. The summed E-state index contributed by atoms with van der Waals surface area (Å²) >= 11 is 0. The molecule has 1 fully saturated rings. The summed E-state index contributed by atoms with van der Waals surface area (Å²) in [6.07, 6.45) is 0. The first-order valence-corrected chi connectivity index (χ1v) is 8.42. The van der Waals surface area contributed by atoms with Crippen LogP contribution in [-0.4, -0.2) is 61.3 Å². The van der Waals surface area contributed by atoms with Crippen LogP contribution in [-0.2, 0) is 0 Å². The molecular formula is C20H22N2O3. The minimum Gasteiger partial charge on any atom is -0.496 e. The number of nitrogens with zero attached hydrogens (tertiary/aromatic N) is 2. The molecule has 0 saturated carbocycles. The number of benzene rings is 2. The summed E-state index contributed by atoms with van der Waals surface area (Å²) in [4.78, 5) is 28.9. The third kappa shape index (κ3) is 4.06. The molecule has 5 nitrogen and oxygen atoms in total. The number of para-hydroxylation sites is 1. The maximum Gasteiger partial charge on any atom is 0.257 e. The lowest BCUT2D eigenvalue weighted by Gasteiger charge is -2.34. The first-order chi connectivity index (χ1) is 12.2. The number of piperazine rings is 1. The zero-order valence-corrected chi connectivity index (χ0v) is 14.4. The van der Waals surface area contributed by atoms with Gasteiger partial charge in [0.15, 0.2) is 5.78 Å². The van der Waals surface area contributed by atoms with Crippen molar-refractivity contribution in [2.24, 2.45) is 0 Å². The van der Waals surface area contributed by atoms with Crippen molar-refractivity contribution < 1.29 is 14.3 Å². The second-order valence-corrected chi connectivity index (χ2v) is 6.06. The molecule has 3 rings (SSSR count). The molecule has 1 aliphatic rings. The molecule has 130 valence electrons. The van der Waals surface area contributed by atoms with Gasteiger partial charge in [-0.05, 0) is 12.1 Å². The highest BCUT2D eigenvalue weighted by atomic mass is 16.5. The third-order valence-corrected chi connectivity index (χ3v) is 4.46. The van der Waals surface area contributed by atoms with E-state index >= 15 is 0 Å².